The van der Waals surface area contributed by atoms with Crippen molar-refractivity contribution in [3.8, 4) is 0 Å². The number of anilines is 1. The molecule has 0 saturated heterocycles. The molecule has 5 nitrogen and oxygen atoms in total. The number of halogens is 4. The van der Waals surface area contributed by atoms with Gasteiger partial charge in [0.05, 0.1) is 13.2 Å². The summed E-state index contributed by atoms with van der Waals surface area (Å²) in [6.45, 7) is -0.490. The number of hydrogen-bond acceptors (Lipinski definition) is 3. The van der Waals surface area contributed by atoms with Gasteiger partial charge in [-0.05, 0) is 42.1 Å². The third-order valence-corrected chi connectivity index (χ3v) is 4.31. The fourth-order valence-electron chi connectivity index (χ4n) is 2.59. The quantitative estimate of drug-likeness (QED) is 0.804. The molecule has 0 radical (unpaired) electrons. The van der Waals surface area contributed by atoms with Crippen molar-refractivity contribution in [1.82, 2.24) is 5.32 Å². The maximum atomic E-state index is 14.1. The zero-order valence-corrected chi connectivity index (χ0v) is 13.7. The van der Waals surface area contributed by atoms with Gasteiger partial charge in [-0.2, -0.15) is 13.2 Å². The molecule has 1 aromatic carbocycles. The summed E-state index contributed by atoms with van der Waals surface area (Å²) in [5.74, 6) is 0.248. The summed E-state index contributed by atoms with van der Waals surface area (Å²) >= 11 is 5.95. The van der Waals surface area contributed by atoms with Crippen LogP contribution < -0.4 is 10.6 Å². The van der Waals surface area contributed by atoms with Gasteiger partial charge >= 0.3 is 6.18 Å². The van der Waals surface area contributed by atoms with Gasteiger partial charge in [-0.25, -0.2) is 0 Å². The zero-order valence-electron chi connectivity index (χ0n) is 12.9. The van der Waals surface area contributed by atoms with E-state index in [9.17, 15) is 13.2 Å². The number of oxime groups is 1. The summed E-state index contributed by atoms with van der Waals surface area (Å²) in [5.41, 5.74) is -2.38. The molecular weight excluding hydrogens is 347 g/mol. The molecule has 24 heavy (non-hydrogen) atoms. The molecule has 0 aromatic heterocycles. The van der Waals surface area contributed by atoms with Crippen molar-refractivity contribution in [2.75, 3.05) is 25.6 Å². The van der Waals surface area contributed by atoms with Crippen LogP contribution in [-0.4, -0.2) is 32.4 Å². The molecule has 1 fully saturated rings. The van der Waals surface area contributed by atoms with E-state index < -0.39 is 18.3 Å². The number of fused-ring (bicyclic) bond motifs is 1. The monoisotopic (exact) mass is 363 g/mol. The van der Waals surface area contributed by atoms with E-state index in [2.05, 4.69) is 20.6 Å². The number of rotatable bonds is 4. The molecular formula is C15H17ClF3N3O2. The minimum absolute atomic E-state index is 0.0455. The van der Waals surface area contributed by atoms with E-state index in [-0.39, 0.29) is 34.8 Å². The van der Waals surface area contributed by atoms with Crippen LogP contribution in [0.15, 0.2) is 23.4 Å². The van der Waals surface area contributed by atoms with Crippen LogP contribution in [0.3, 0.4) is 0 Å². The summed E-state index contributed by atoms with van der Waals surface area (Å²) in [6, 6.07) is 4.25. The minimum atomic E-state index is -4.64. The van der Waals surface area contributed by atoms with Crippen molar-refractivity contribution in [2.24, 2.45) is 11.1 Å². The van der Waals surface area contributed by atoms with Gasteiger partial charge in [0.1, 0.15) is 7.11 Å². The Bertz CT molecular complexity index is 649. The lowest BCUT2D eigenvalue weighted by Crippen LogP contribution is -2.52. The minimum Gasteiger partial charge on any atom is -0.396 e. The second kappa shape index (κ2) is 6.33. The van der Waals surface area contributed by atoms with Gasteiger partial charge in [0.25, 0.3) is 0 Å². The Morgan fingerprint density at radius 1 is 1.38 bits per heavy atom. The van der Waals surface area contributed by atoms with Crippen LogP contribution in [0.1, 0.15) is 18.4 Å². The summed E-state index contributed by atoms with van der Waals surface area (Å²) in [5, 5.41) is 9.27. The van der Waals surface area contributed by atoms with E-state index in [1.807, 2.05) is 0 Å². The third kappa shape index (κ3) is 3.25. The third-order valence-electron chi connectivity index (χ3n) is 4.08. The van der Waals surface area contributed by atoms with E-state index in [0.29, 0.717) is 0 Å². The Morgan fingerprint density at radius 2 is 2.12 bits per heavy atom. The molecule has 1 aromatic rings. The van der Waals surface area contributed by atoms with Crippen LogP contribution >= 0.6 is 11.6 Å². The number of nitrogens with zero attached hydrogens (tertiary/aromatic N) is 1. The fraction of sp³-hybridized carbons (Fsp3) is 0.533. The molecule has 1 atom stereocenters. The number of alkyl halides is 3. The van der Waals surface area contributed by atoms with Crippen molar-refractivity contribution in [3.05, 3.63) is 28.8 Å². The molecule has 1 saturated carbocycles. The predicted octanol–water partition coefficient (Wildman–Crippen LogP) is 3.46. The molecule has 0 amide bonds. The zero-order chi connectivity index (χ0) is 17.4. The van der Waals surface area contributed by atoms with Crippen LogP contribution in [0, 0.1) is 5.92 Å². The highest BCUT2D eigenvalue weighted by Gasteiger charge is 2.59. The first-order valence-electron chi connectivity index (χ1n) is 7.48. The van der Waals surface area contributed by atoms with Gasteiger partial charge in [0.2, 0.25) is 11.6 Å². The van der Waals surface area contributed by atoms with Crippen LogP contribution in [0.4, 0.5) is 18.9 Å². The van der Waals surface area contributed by atoms with Crippen LogP contribution in [0.25, 0.3) is 0 Å². The highest BCUT2D eigenvalue weighted by Crippen LogP contribution is 2.47. The molecule has 1 aliphatic heterocycles. The normalized spacial score (nSPS) is 25.5. The van der Waals surface area contributed by atoms with Crippen LogP contribution in [0.5, 0.6) is 0 Å². The van der Waals surface area contributed by atoms with E-state index in [1.54, 1.807) is 0 Å². The lowest BCUT2D eigenvalue weighted by atomic mass is 9.91. The first kappa shape index (κ1) is 17.2. The summed E-state index contributed by atoms with van der Waals surface area (Å²) in [4.78, 5) is 4.65. The van der Waals surface area contributed by atoms with E-state index in [0.717, 1.165) is 12.8 Å². The topological polar surface area (TPSA) is 54.9 Å². The highest BCUT2D eigenvalue weighted by molar-refractivity contribution is 6.30. The number of guanidine groups is 1. The first-order valence-corrected chi connectivity index (χ1v) is 7.86. The van der Waals surface area contributed by atoms with Gasteiger partial charge in [-0.15, -0.1) is 0 Å². The van der Waals surface area contributed by atoms with E-state index >= 15 is 0 Å². The molecule has 9 heteroatoms. The molecule has 2 N–H and O–H groups in total. The van der Waals surface area contributed by atoms with Gasteiger partial charge in [-0.1, -0.05) is 11.6 Å². The van der Waals surface area contributed by atoms with E-state index in [1.165, 1.54) is 25.3 Å². The van der Waals surface area contributed by atoms with Crippen molar-refractivity contribution in [2.45, 2.75) is 24.6 Å². The highest BCUT2D eigenvalue weighted by atomic mass is 35.5. The van der Waals surface area contributed by atoms with Gasteiger partial charge < -0.3 is 20.2 Å². The second-order valence-corrected chi connectivity index (χ2v) is 6.31. The largest absolute Gasteiger partial charge is 0.423 e. The molecule has 132 valence electrons. The standard InChI is InChI=1S/C15H17ClF3N3O2/c1-23-22-13-20-8-14(15(17,18)19,24-7-9-2-3-9)11-6-10(16)4-5-12(11)21-13/h4-6,9H,2-3,7-8H2,1H3,(H2,20,21,22)/t14-/m1/s1. The lowest BCUT2D eigenvalue weighted by molar-refractivity contribution is -0.282. The second-order valence-electron chi connectivity index (χ2n) is 5.87. The van der Waals surface area contributed by atoms with Gasteiger partial charge in [0, 0.05) is 16.3 Å². The first-order chi connectivity index (χ1) is 11.4. The lowest BCUT2D eigenvalue weighted by Gasteiger charge is -2.35. The molecule has 0 bridgehead atoms. The van der Waals surface area contributed by atoms with Gasteiger partial charge in [-0.3, -0.25) is 0 Å². The summed E-state index contributed by atoms with van der Waals surface area (Å²) < 4.78 is 47.7. The Labute approximate surface area is 142 Å². The smallest absolute Gasteiger partial charge is 0.396 e. The summed E-state index contributed by atoms with van der Waals surface area (Å²) in [7, 11) is 1.31. The Balaban J connectivity index is 2.08. The van der Waals surface area contributed by atoms with Crippen LogP contribution in [0.2, 0.25) is 5.02 Å². The number of nitrogens with one attached hydrogen (secondary N) is 2. The van der Waals surface area contributed by atoms with Crippen molar-refractivity contribution in [3.63, 3.8) is 0 Å². The maximum Gasteiger partial charge on any atom is 0.423 e. The fourth-order valence-corrected chi connectivity index (χ4v) is 2.76. The molecule has 1 heterocycles. The SMILES string of the molecule is CO/N=C1/NC[C@](OCC2CC2)(C(F)(F)F)c2cc(Cl)ccc2N1. The number of hydrogen-bond donors (Lipinski definition) is 2. The average molecular weight is 364 g/mol. The van der Waals surface area contributed by atoms with Crippen molar-refractivity contribution in [1.29, 1.82) is 0 Å². The van der Waals surface area contributed by atoms with Crippen molar-refractivity contribution >= 4 is 23.2 Å². The number of ether oxygens (including phenoxy) is 1. The molecule has 2 aliphatic rings. The Hall–Kier alpha value is -1.67. The van der Waals surface area contributed by atoms with Gasteiger partial charge in [0.15, 0.2) is 0 Å². The Morgan fingerprint density at radius 3 is 2.75 bits per heavy atom. The van der Waals surface area contributed by atoms with E-state index in [4.69, 9.17) is 16.3 Å². The number of benzene rings is 1. The Kier molecular flexibility index (Phi) is 4.52. The van der Waals surface area contributed by atoms with Crippen LogP contribution in [-0.2, 0) is 15.2 Å². The molecule has 1 aliphatic carbocycles. The molecule has 0 spiro atoms. The average Bonchev–Trinajstić information content (AvgIpc) is 3.32. The predicted molar refractivity (Wildman–Crippen MR) is 83.9 cm³/mol. The molecule has 3 rings (SSSR count). The maximum absolute atomic E-state index is 14.1. The van der Waals surface area contributed by atoms with Crippen molar-refractivity contribution < 1.29 is 22.7 Å². The molecule has 0 unspecified atom stereocenters. The summed E-state index contributed by atoms with van der Waals surface area (Å²) in [6.07, 6.45) is -2.87.